The van der Waals surface area contributed by atoms with Crippen LogP contribution in [0.2, 0.25) is 0 Å². The predicted molar refractivity (Wildman–Crippen MR) is 278 cm³/mol. The molecule has 3 unspecified atom stereocenters. The molecule has 0 aromatic carbocycles. The van der Waals surface area contributed by atoms with E-state index in [-0.39, 0.29) is 25.5 Å². The number of ether oxygens (including phenoxy) is 7. The zero-order valence-corrected chi connectivity index (χ0v) is 43.9. The first-order valence-electron chi connectivity index (χ1n) is 26.7. The Morgan fingerprint density at radius 1 is 0.471 bits per heavy atom. The molecule has 15 nitrogen and oxygen atoms in total. The van der Waals surface area contributed by atoms with Gasteiger partial charge in [-0.2, -0.15) is 0 Å². The molecule has 0 saturated carbocycles. The molecule has 396 valence electrons. The van der Waals surface area contributed by atoms with Crippen LogP contribution < -0.4 is 0 Å². The Morgan fingerprint density at radius 3 is 1.12 bits per heavy atom. The van der Waals surface area contributed by atoms with Gasteiger partial charge in [0.1, 0.15) is 18.3 Å². The van der Waals surface area contributed by atoms with Gasteiger partial charge in [-0.25, -0.2) is 0 Å². The lowest BCUT2D eigenvalue weighted by atomic mass is 10.1. The van der Waals surface area contributed by atoms with Crippen LogP contribution in [0.5, 0.6) is 0 Å². The quantitative estimate of drug-likeness (QED) is 0.0113. The van der Waals surface area contributed by atoms with Gasteiger partial charge >= 0.3 is 0 Å². The Labute approximate surface area is 414 Å². The molecular formula is C53H100N6O9. The van der Waals surface area contributed by atoms with Crippen LogP contribution in [0.15, 0.2) is 58.8 Å². The summed E-state index contributed by atoms with van der Waals surface area (Å²) in [4.78, 5) is 5.29. The van der Waals surface area contributed by atoms with Crippen molar-refractivity contribution in [1.29, 1.82) is 0 Å². The fourth-order valence-electron chi connectivity index (χ4n) is 6.67. The molecule has 1 heterocycles. The molecule has 3 atom stereocenters. The molecule has 1 aliphatic rings. The Bertz CT molecular complexity index is 1200. The second kappa shape index (κ2) is 56.8. The molecule has 1 aliphatic heterocycles. The fourth-order valence-corrected chi connectivity index (χ4v) is 6.67. The molecule has 0 bridgehead atoms. The van der Waals surface area contributed by atoms with E-state index in [1.54, 1.807) is 13.8 Å². The average molecular weight is 965 g/mol. The highest BCUT2D eigenvalue weighted by atomic mass is 16.7. The summed E-state index contributed by atoms with van der Waals surface area (Å²) >= 11 is 0. The summed E-state index contributed by atoms with van der Waals surface area (Å²) in [7, 11) is 0. The number of unbranched alkanes of at least 4 members (excludes halogenated alkanes) is 18. The van der Waals surface area contributed by atoms with E-state index in [1.165, 1.54) is 116 Å². The standard InChI is InChI=1S/C39H71N3O3.C7H15N3O3.C7H14O3/c1-3-5-7-9-11-13-15-17-19-21-23-25-27-29-31-33-35-44-39(38(43)37-41-42-40)45-36-34-32-30-28-26-24-22-20-18-16-14-12-10-8-6-4-2;1-3-12-7(13-4-2)6(11)5-9-10-8;1-3-8-7(9-4-2)6-5-10-6/h11-14,17-20,38-39,43H,3-10,15-16,21-37H2,1-2H3;6-7,11H,3-5H2,1-2H3;6-7H,3-5H2,1-2H3/b13-11-,14-12-,19-17-,20-18-;;. The van der Waals surface area contributed by atoms with E-state index in [0.29, 0.717) is 39.6 Å². The number of allylic oxidation sites excluding steroid dienone is 8. The van der Waals surface area contributed by atoms with Crippen LogP contribution in [0.25, 0.3) is 20.9 Å². The molecule has 0 spiro atoms. The topological polar surface area (TPSA) is 206 Å². The van der Waals surface area contributed by atoms with Crippen LogP contribution in [-0.2, 0) is 33.2 Å². The van der Waals surface area contributed by atoms with Gasteiger partial charge in [0, 0.05) is 49.5 Å². The van der Waals surface area contributed by atoms with Crippen molar-refractivity contribution in [1.82, 2.24) is 0 Å². The third-order valence-corrected chi connectivity index (χ3v) is 10.5. The summed E-state index contributed by atoms with van der Waals surface area (Å²) in [6.45, 7) is 16.1. The smallest absolute Gasteiger partial charge is 0.185 e. The minimum Gasteiger partial charge on any atom is -0.388 e. The number of azide groups is 2. The maximum absolute atomic E-state index is 10.4. The largest absolute Gasteiger partial charge is 0.388 e. The molecule has 0 aliphatic carbocycles. The Kier molecular flexibility index (Phi) is 56.2. The van der Waals surface area contributed by atoms with Gasteiger partial charge < -0.3 is 43.4 Å². The predicted octanol–water partition coefficient (Wildman–Crippen LogP) is 14.5. The zero-order valence-electron chi connectivity index (χ0n) is 43.9. The van der Waals surface area contributed by atoms with Crippen molar-refractivity contribution < 1.29 is 43.4 Å². The molecule has 68 heavy (non-hydrogen) atoms. The maximum Gasteiger partial charge on any atom is 0.185 e. The van der Waals surface area contributed by atoms with Gasteiger partial charge in [0.25, 0.3) is 0 Å². The number of hydrogen-bond donors (Lipinski definition) is 2. The van der Waals surface area contributed by atoms with Crippen LogP contribution in [0, 0.1) is 0 Å². The fraction of sp³-hybridized carbons (Fsp3) is 0.849. The molecule has 2 N–H and O–H groups in total. The Hall–Kier alpha value is -2.78. The number of aliphatic hydroxyl groups is 2. The highest BCUT2D eigenvalue weighted by Gasteiger charge is 2.33. The molecule has 0 aromatic heterocycles. The minimum atomic E-state index is -0.935. The Balaban J connectivity index is 0. The normalized spacial score (nSPS) is 14.4. The number of nitrogens with zero attached hydrogens (tertiary/aromatic N) is 6. The van der Waals surface area contributed by atoms with Crippen LogP contribution in [0.1, 0.15) is 196 Å². The number of hydrogen-bond acceptors (Lipinski definition) is 11. The van der Waals surface area contributed by atoms with Crippen molar-refractivity contribution in [3.05, 3.63) is 69.5 Å². The highest BCUT2D eigenvalue weighted by Crippen LogP contribution is 2.18. The monoisotopic (exact) mass is 965 g/mol. The lowest BCUT2D eigenvalue weighted by molar-refractivity contribution is -0.192. The number of rotatable bonds is 47. The SMILES string of the molecule is CCCCC/C=C\C/C=C\CCCCCCCCOC(OCCCCCCCC/C=C\C/C=C\CCCCC)C(O)CN=[N+]=[N-].CCOC(OCC)C(O)CN=[N+]=[N-].CCOC(OCC)C1CO1. The first-order valence-corrected chi connectivity index (χ1v) is 26.7. The van der Waals surface area contributed by atoms with E-state index in [2.05, 4.69) is 82.5 Å². The lowest BCUT2D eigenvalue weighted by Gasteiger charge is -2.22. The third kappa shape index (κ3) is 49.6. The average Bonchev–Trinajstić information content (AvgIpc) is 4.20. The molecule has 0 radical (unpaired) electrons. The van der Waals surface area contributed by atoms with Gasteiger partial charge in [-0.15, -0.1) is 0 Å². The molecule has 15 heteroatoms. The molecule has 1 rings (SSSR count). The maximum atomic E-state index is 10.4. The Morgan fingerprint density at radius 2 is 0.794 bits per heavy atom. The van der Waals surface area contributed by atoms with Gasteiger partial charge in [0.15, 0.2) is 18.9 Å². The second-order valence-electron chi connectivity index (χ2n) is 16.7. The molecular weight excluding hydrogens is 865 g/mol. The van der Waals surface area contributed by atoms with Gasteiger partial charge in [0.2, 0.25) is 0 Å². The first-order chi connectivity index (χ1) is 33.4. The van der Waals surface area contributed by atoms with E-state index in [4.69, 9.17) is 44.2 Å². The zero-order chi connectivity index (χ0) is 50.2. The van der Waals surface area contributed by atoms with Gasteiger partial charge in [-0.3, -0.25) is 0 Å². The van der Waals surface area contributed by atoms with E-state index < -0.39 is 24.8 Å². The number of epoxide rings is 1. The van der Waals surface area contributed by atoms with Crippen molar-refractivity contribution in [2.45, 2.75) is 233 Å². The van der Waals surface area contributed by atoms with E-state index in [0.717, 1.165) is 45.1 Å². The minimum absolute atomic E-state index is 0.0332. The summed E-state index contributed by atoms with van der Waals surface area (Å²) in [5.41, 5.74) is 16.6. The molecule has 0 amide bonds. The lowest BCUT2D eigenvalue weighted by Crippen LogP contribution is -2.34. The van der Waals surface area contributed by atoms with Crippen LogP contribution in [0.4, 0.5) is 0 Å². The van der Waals surface area contributed by atoms with E-state index in [9.17, 15) is 10.2 Å². The number of aliphatic hydroxyl groups excluding tert-OH is 2. The van der Waals surface area contributed by atoms with E-state index >= 15 is 0 Å². The molecule has 1 fully saturated rings. The van der Waals surface area contributed by atoms with Gasteiger partial charge in [0.05, 0.1) is 19.7 Å². The molecule has 1 saturated heterocycles. The van der Waals surface area contributed by atoms with Crippen molar-refractivity contribution in [3.63, 3.8) is 0 Å². The second-order valence-corrected chi connectivity index (χ2v) is 16.7. The van der Waals surface area contributed by atoms with Crippen molar-refractivity contribution in [2.24, 2.45) is 10.2 Å². The summed E-state index contributed by atoms with van der Waals surface area (Å²) in [6.07, 6.45) is 44.1. The third-order valence-electron chi connectivity index (χ3n) is 10.5. The van der Waals surface area contributed by atoms with Gasteiger partial charge in [-0.05, 0) is 116 Å². The van der Waals surface area contributed by atoms with Gasteiger partial charge in [-0.1, -0.05) is 150 Å². The van der Waals surface area contributed by atoms with Crippen molar-refractivity contribution in [3.8, 4) is 0 Å². The van der Waals surface area contributed by atoms with Crippen LogP contribution in [-0.4, -0.2) is 107 Å². The summed E-state index contributed by atoms with van der Waals surface area (Å²) < 4.78 is 37.5. The van der Waals surface area contributed by atoms with Crippen LogP contribution in [0.3, 0.4) is 0 Å². The summed E-state index contributed by atoms with van der Waals surface area (Å²) in [5, 5.41) is 26.5. The van der Waals surface area contributed by atoms with Crippen molar-refractivity contribution in [2.75, 3.05) is 59.3 Å². The summed E-state index contributed by atoms with van der Waals surface area (Å²) in [6, 6.07) is 0. The summed E-state index contributed by atoms with van der Waals surface area (Å²) in [5.74, 6) is 0. The van der Waals surface area contributed by atoms with E-state index in [1.807, 2.05) is 13.8 Å². The van der Waals surface area contributed by atoms with Crippen molar-refractivity contribution >= 4 is 0 Å². The highest BCUT2D eigenvalue weighted by molar-refractivity contribution is 4.93. The first kappa shape index (κ1) is 67.3. The molecule has 0 aromatic rings. The van der Waals surface area contributed by atoms with Crippen LogP contribution >= 0.6 is 0 Å².